The fraction of sp³-hybridized carbons (Fsp3) is 0.450. The lowest BCUT2D eigenvalue weighted by molar-refractivity contribution is -0.130. The fourth-order valence-corrected chi connectivity index (χ4v) is 4.42. The first-order chi connectivity index (χ1) is 13.5. The molecule has 2 fully saturated rings. The van der Waals surface area contributed by atoms with Crippen molar-refractivity contribution in [3.63, 3.8) is 0 Å². The summed E-state index contributed by atoms with van der Waals surface area (Å²) in [6, 6.07) is 8.43. The van der Waals surface area contributed by atoms with E-state index in [1.807, 2.05) is 11.0 Å². The van der Waals surface area contributed by atoms with Gasteiger partial charge in [0.15, 0.2) is 0 Å². The summed E-state index contributed by atoms with van der Waals surface area (Å²) in [7, 11) is 3.07. The average Bonchev–Trinajstić information content (AvgIpc) is 3.25. The first-order valence-corrected chi connectivity index (χ1v) is 9.25. The maximum atomic E-state index is 13.8. The summed E-state index contributed by atoms with van der Waals surface area (Å²) in [6.07, 6.45) is 0. The molecule has 1 aromatic carbocycles. The molecule has 3 heterocycles. The third kappa shape index (κ3) is 3.23. The highest BCUT2D eigenvalue weighted by molar-refractivity contribution is 5.74. The summed E-state index contributed by atoms with van der Waals surface area (Å²) in [5, 5.41) is 0. The van der Waals surface area contributed by atoms with Crippen molar-refractivity contribution >= 4 is 11.7 Å². The van der Waals surface area contributed by atoms with Crippen LogP contribution < -0.4 is 14.4 Å². The van der Waals surface area contributed by atoms with E-state index >= 15 is 0 Å². The molecule has 7 nitrogen and oxygen atoms in total. The largest absolute Gasteiger partial charge is 0.481 e. The van der Waals surface area contributed by atoms with Crippen molar-refractivity contribution in [2.45, 2.75) is 13.0 Å². The van der Waals surface area contributed by atoms with E-state index in [1.165, 1.54) is 19.2 Å². The predicted octanol–water partition coefficient (Wildman–Crippen LogP) is 2.29. The van der Waals surface area contributed by atoms with Crippen molar-refractivity contribution in [2.24, 2.45) is 11.8 Å². The van der Waals surface area contributed by atoms with Crippen molar-refractivity contribution in [1.29, 1.82) is 0 Å². The molecule has 1 amide bonds. The Balaban J connectivity index is 1.64. The normalized spacial score (nSPS) is 23.6. The molecule has 0 aliphatic carbocycles. The fourth-order valence-electron chi connectivity index (χ4n) is 4.42. The molecule has 2 aromatic rings. The lowest BCUT2D eigenvalue weighted by Crippen LogP contribution is -2.34. The monoisotopic (exact) mass is 386 g/mol. The van der Waals surface area contributed by atoms with Crippen LogP contribution in [0.3, 0.4) is 0 Å². The highest BCUT2D eigenvalue weighted by Gasteiger charge is 2.48. The summed E-state index contributed by atoms with van der Waals surface area (Å²) in [6.45, 7) is 3.69. The average molecular weight is 386 g/mol. The van der Waals surface area contributed by atoms with Gasteiger partial charge in [0.2, 0.25) is 11.8 Å². The number of ether oxygens (including phenoxy) is 2. The highest BCUT2D eigenvalue weighted by Crippen LogP contribution is 2.46. The number of likely N-dealkylation sites (tertiary alicyclic amines) is 1. The number of amides is 1. The maximum absolute atomic E-state index is 13.8. The van der Waals surface area contributed by atoms with E-state index < -0.39 is 0 Å². The Morgan fingerprint density at radius 2 is 1.96 bits per heavy atom. The number of carbonyl (C=O) groups is 1. The van der Waals surface area contributed by atoms with Gasteiger partial charge in [-0.25, -0.2) is 4.39 Å². The zero-order chi connectivity index (χ0) is 19.8. The van der Waals surface area contributed by atoms with Crippen LogP contribution in [0.1, 0.15) is 18.5 Å². The van der Waals surface area contributed by atoms with Crippen LogP contribution in [-0.4, -0.2) is 54.6 Å². The molecule has 1 aromatic heterocycles. The van der Waals surface area contributed by atoms with Crippen LogP contribution >= 0.6 is 0 Å². The number of aromatic nitrogens is 2. The maximum Gasteiger partial charge on any atom is 0.321 e. The third-order valence-corrected chi connectivity index (χ3v) is 5.64. The van der Waals surface area contributed by atoms with E-state index in [0.717, 1.165) is 17.9 Å². The van der Waals surface area contributed by atoms with Crippen molar-refractivity contribution in [3.05, 3.63) is 41.7 Å². The van der Waals surface area contributed by atoms with Gasteiger partial charge in [-0.1, -0.05) is 12.1 Å². The van der Waals surface area contributed by atoms with Gasteiger partial charge >= 0.3 is 6.01 Å². The second kappa shape index (κ2) is 7.26. The second-order valence-corrected chi connectivity index (χ2v) is 7.26. The molecule has 2 aliphatic heterocycles. The van der Waals surface area contributed by atoms with E-state index in [2.05, 4.69) is 14.9 Å². The SMILES string of the molecule is COc1cc(N2C[C@@H]3CN(C(C)=O)[C@@H](c4cccc(F)c4)[C@@H]3C2)nc(OC)n1. The molecule has 0 bridgehead atoms. The van der Waals surface area contributed by atoms with Gasteiger partial charge in [-0.3, -0.25) is 4.79 Å². The Labute approximate surface area is 163 Å². The number of hydrogen-bond donors (Lipinski definition) is 0. The lowest BCUT2D eigenvalue weighted by atomic mass is 9.89. The number of nitrogens with zero attached hydrogens (tertiary/aromatic N) is 4. The van der Waals surface area contributed by atoms with Crippen LogP contribution in [0.25, 0.3) is 0 Å². The number of rotatable bonds is 4. The van der Waals surface area contributed by atoms with Crippen LogP contribution in [0.15, 0.2) is 30.3 Å². The van der Waals surface area contributed by atoms with Crippen molar-refractivity contribution < 1.29 is 18.7 Å². The summed E-state index contributed by atoms with van der Waals surface area (Å²) < 4.78 is 24.3. The molecule has 2 aliphatic rings. The smallest absolute Gasteiger partial charge is 0.321 e. The van der Waals surface area contributed by atoms with Gasteiger partial charge in [0.05, 0.1) is 20.3 Å². The molecule has 0 unspecified atom stereocenters. The molecule has 0 spiro atoms. The van der Waals surface area contributed by atoms with Gasteiger partial charge in [-0.15, -0.1) is 0 Å². The summed E-state index contributed by atoms with van der Waals surface area (Å²) in [5.41, 5.74) is 0.836. The molecular formula is C20H23FN4O3. The van der Waals surface area contributed by atoms with E-state index in [-0.39, 0.29) is 35.6 Å². The zero-order valence-corrected chi connectivity index (χ0v) is 16.1. The predicted molar refractivity (Wildman–Crippen MR) is 101 cm³/mol. The second-order valence-electron chi connectivity index (χ2n) is 7.26. The Morgan fingerprint density at radius 1 is 1.14 bits per heavy atom. The van der Waals surface area contributed by atoms with Crippen molar-refractivity contribution in [3.8, 4) is 11.9 Å². The highest BCUT2D eigenvalue weighted by atomic mass is 19.1. The molecule has 8 heteroatoms. The van der Waals surface area contributed by atoms with Crippen LogP contribution in [0.4, 0.5) is 10.2 Å². The van der Waals surface area contributed by atoms with E-state index in [9.17, 15) is 9.18 Å². The van der Waals surface area contributed by atoms with Gasteiger partial charge in [0.1, 0.15) is 11.6 Å². The summed E-state index contributed by atoms with van der Waals surface area (Å²) in [5.74, 6) is 1.36. The van der Waals surface area contributed by atoms with Crippen LogP contribution in [0.5, 0.6) is 11.9 Å². The van der Waals surface area contributed by atoms with Gasteiger partial charge in [0.25, 0.3) is 0 Å². The standard InChI is InChI=1S/C20H23FN4O3/c1-12(26)25-10-14-9-24(17-8-18(27-2)23-20(22-17)28-3)11-16(14)19(25)13-5-4-6-15(21)7-13/h4-8,14,16,19H,9-11H2,1-3H3/t14-,16-,19+/m1/s1. The number of anilines is 1. The van der Waals surface area contributed by atoms with Gasteiger partial charge in [-0.2, -0.15) is 9.97 Å². The van der Waals surface area contributed by atoms with E-state index in [0.29, 0.717) is 19.0 Å². The Kier molecular flexibility index (Phi) is 4.78. The molecule has 4 rings (SSSR count). The number of carbonyl (C=O) groups excluding carboxylic acids is 1. The molecule has 0 N–H and O–H groups in total. The van der Waals surface area contributed by atoms with Crippen LogP contribution in [0, 0.1) is 17.7 Å². The van der Waals surface area contributed by atoms with E-state index in [4.69, 9.17) is 9.47 Å². The number of benzene rings is 1. The summed E-state index contributed by atoms with van der Waals surface area (Å²) >= 11 is 0. The van der Waals surface area contributed by atoms with Gasteiger partial charge < -0.3 is 19.3 Å². The lowest BCUT2D eigenvalue weighted by Gasteiger charge is -2.29. The molecule has 148 valence electrons. The Morgan fingerprint density at radius 3 is 2.64 bits per heavy atom. The minimum Gasteiger partial charge on any atom is -0.481 e. The molecule has 0 radical (unpaired) electrons. The quantitative estimate of drug-likeness (QED) is 0.803. The minimum absolute atomic E-state index is 0.0144. The number of fused-ring (bicyclic) bond motifs is 1. The molecule has 0 saturated carbocycles. The number of hydrogen-bond acceptors (Lipinski definition) is 6. The van der Waals surface area contributed by atoms with Crippen molar-refractivity contribution in [1.82, 2.24) is 14.9 Å². The molecule has 3 atom stereocenters. The molecule has 2 saturated heterocycles. The van der Waals surface area contributed by atoms with Gasteiger partial charge in [0, 0.05) is 44.5 Å². The molecular weight excluding hydrogens is 363 g/mol. The van der Waals surface area contributed by atoms with Gasteiger partial charge in [-0.05, 0) is 17.7 Å². The van der Waals surface area contributed by atoms with Crippen LogP contribution in [-0.2, 0) is 4.79 Å². The summed E-state index contributed by atoms with van der Waals surface area (Å²) in [4.78, 5) is 24.8. The number of methoxy groups -OCH3 is 2. The Hall–Kier alpha value is -2.90. The van der Waals surface area contributed by atoms with E-state index in [1.54, 1.807) is 26.2 Å². The first-order valence-electron chi connectivity index (χ1n) is 9.25. The zero-order valence-electron chi connectivity index (χ0n) is 16.1. The van der Waals surface area contributed by atoms with Crippen molar-refractivity contribution in [2.75, 3.05) is 38.8 Å². The third-order valence-electron chi connectivity index (χ3n) is 5.64. The topological polar surface area (TPSA) is 67.8 Å². The van der Waals surface area contributed by atoms with Crippen LogP contribution in [0.2, 0.25) is 0 Å². The number of halogens is 1. The first kappa shape index (κ1) is 18.5. The Bertz CT molecular complexity index is 871. The minimum atomic E-state index is -0.287. The molecule has 28 heavy (non-hydrogen) atoms.